The standard InChI is InChI=1S/C52H60ClN11O9/c1-54-43(66)30-73-41-25-33-24-34(26-40-44(33)63(50(41)71)22-23-72-40)56-45-38(53)28-55-51(58-45)62-16-8-32(9-17-62)47(68)61-14-6-31(7-15-61)29-59-18-10-52(11-19-59)12-20-60(21-13-52)35-2-3-36-37(27-35)49(70)64(48(36)69)39-4-5-42(65)57-46(39)67/h2-3,24-28,31-32,39H,4-23,29-30H2,1H3,(H,54,66)(H,55,56,58)(H,57,65,67). The molecule has 73 heavy (non-hydrogen) atoms. The maximum atomic E-state index is 13.9. The number of halogens is 1. The highest BCUT2D eigenvalue weighted by Crippen LogP contribution is 2.43. The predicted octanol–water partition coefficient (Wildman–Crippen LogP) is 3.94. The Morgan fingerprint density at radius 1 is 0.849 bits per heavy atom. The summed E-state index contributed by atoms with van der Waals surface area (Å²) in [5, 5.41) is 9.07. The molecule has 0 aliphatic carbocycles. The van der Waals surface area contributed by atoms with Gasteiger partial charge in [-0.05, 0) is 113 Å². The van der Waals surface area contributed by atoms with E-state index in [0.29, 0.717) is 101 Å². The molecule has 0 bridgehead atoms. The van der Waals surface area contributed by atoms with Gasteiger partial charge in [0.25, 0.3) is 23.3 Å². The Kier molecular flexibility index (Phi) is 13.2. The monoisotopic (exact) mass is 1020 g/mol. The SMILES string of the molecule is CNC(=O)COc1cc2cc(Nc3nc(N4CCC(C(=O)N5CCC(CN6CCC7(CC6)CCN(c6ccc8c(c6)C(=O)N(C6CCC(=O)NC6=O)C8=O)CC7)CC5)CC4)ncc3Cl)cc3c2n(c1=O)CCO3. The van der Waals surface area contributed by atoms with E-state index in [0.717, 1.165) is 94.9 Å². The lowest BCUT2D eigenvalue weighted by atomic mass is 9.71. The minimum absolute atomic E-state index is 0.0515. The molecule has 0 saturated carbocycles. The number of rotatable bonds is 11. The minimum atomic E-state index is -0.977. The van der Waals surface area contributed by atoms with Gasteiger partial charge < -0.3 is 39.7 Å². The molecule has 21 heteroatoms. The number of pyridine rings is 1. The lowest BCUT2D eigenvalue weighted by Gasteiger charge is -2.48. The molecule has 9 heterocycles. The number of benzene rings is 2. The van der Waals surface area contributed by atoms with Crippen molar-refractivity contribution in [2.24, 2.45) is 17.3 Å². The lowest BCUT2D eigenvalue weighted by Crippen LogP contribution is -2.54. The van der Waals surface area contributed by atoms with Crippen molar-refractivity contribution in [2.45, 2.75) is 76.8 Å². The number of carbonyl (C=O) groups excluding carboxylic acids is 6. The predicted molar refractivity (Wildman–Crippen MR) is 270 cm³/mol. The van der Waals surface area contributed by atoms with Gasteiger partial charge in [0.2, 0.25) is 23.7 Å². The molecule has 5 fully saturated rings. The van der Waals surface area contributed by atoms with Crippen LogP contribution in [0, 0.1) is 17.3 Å². The number of amides is 6. The number of nitrogens with zero attached hydrogens (tertiary/aromatic N) is 8. The molecule has 0 radical (unpaired) electrons. The molecular weight excluding hydrogens is 958 g/mol. The number of hydrogen-bond donors (Lipinski definition) is 3. The first-order chi connectivity index (χ1) is 35.3. The van der Waals surface area contributed by atoms with E-state index in [9.17, 15) is 33.6 Å². The fraction of sp³-hybridized carbons (Fsp3) is 0.519. The average Bonchev–Trinajstić information content (AvgIpc) is 3.65. The van der Waals surface area contributed by atoms with Gasteiger partial charge in [-0.15, -0.1) is 0 Å². The van der Waals surface area contributed by atoms with Gasteiger partial charge in [0.05, 0.1) is 29.4 Å². The van der Waals surface area contributed by atoms with E-state index < -0.39 is 29.7 Å². The summed E-state index contributed by atoms with van der Waals surface area (Å²) in [4.78, 5) is 109. The van der Waals surface area contributed by atoms with Gasteiger partial charge in [-0.3, -0.25) is 48.3 Å². The van der Waals surface area contributed by atoms with E-state index in [-0.39, 0.29) is 48.5 Å². The molecule has 2 aromatic heterocycles. The van der Waals surface area contributed by atoms with Gasteiger partial charge in [-0.25, -0.2) is 4.98 Å². The summed E-state index contributed by atoms with van der Waals surface area (Å²) in [5.41, 5.74) is 2.75. The molecule has 1 unspecified atom stereocenters. The second-order valence-electron chi connectivity index (χ2n) is 20.7. The molecule has 6 amide bonds. The van der Waals surface area contributed by atoms with Crippen LogP contribution in [0.3, 0.4) is 0 Å². The number of piperidine rings is 5. The van der Waals surface area contributed by atoms with Gasteiger partial charge in [-0.2, -0.15) is 4.98 Å². The quantitative estimate of drug-likeness (QED) is 0.181. The van der Waals surface area contributed by atoms with Crippen LogP contribution in [-0.4, -0.2) is 150 Å². The highest BCUT2D eigenvalue weighted by Gasteiger charge is 2.45. The number of fused-ring (bicyclic) bond motifs is 1. The Morgan fingerprint density at radius 3 is 2.33 bits per heavy atom. The first kappa shape index (κ1) is 48.5. The topological polar surface area (TPSA) is 221 Å². The molecule has 20 nitrogen and oxygen atoms in total. The smallest absolute Gasteiger partial charge is 0.293 e. The Labute approximate surface area is 426 Å². The summed E-state index contributed by atoms with van der Waals surface area (Å²) in [5.74, 6) is -0.0491. The first-order valence-electron chi connectivity index (χ1n) is 25.7. The minimum Gasteiger partial charge on any atom is -0.489 e. The maximum absolute atomic E-state index is 13.9. The number of imide groups is 2. The summed E-state index contributed by atoms with van der Waals surface area (Å²) in [6, 6.07) is 9.69. The highest BCUT2D eigenvalue weighted by molar-refractivity contribution is 6.33. The summed E-state index contributed by atoms with van der Waals surface area (Å²) in [6.07, 6.45) is 9.65. The third kappa shape index (κ3) is 9.54. The Hall–Kier alpha value is -6.80. The second kappa shape index (κ2) is 19.9. The molecule has 4 aromatic rings. The number of carbonyl (C=O) groups is 6. The van der Waals surface area contributed by atoms with E-state index in [1.165, 1.54) is 7.05 Å². The number of ether oxygens (including phenoxy) is 2. The second-order valence-corrected chi connectivity index (χ2v) is 21.1. The molecule has 7 aliphatic heterocycles. The molecule has 5 saturated heterocycles. The summed E-state index contributed by atoms with van der Waals surface area (Å²) >= 11 is 6.63. The van der Waals surface area contributed by atoms with Crippen molar-refractivity contribution in [3.05, 3.63) is 69.1 Å². The van der Waals surface area contributed by atoms with Crippen LogP contribution in [0.5, 0.6) is 11.5 Å². The maximum Gasteiger partial charge on any atom is 0.293 e. The number of aromatic nitrogens is 3. The van der Waals surface area contributed by atoms with Gasteiger partial charge in [0, 0.05) is 88.0 Å². The normalized spacial score (nSPS) is 21.6. The molecule has 11 rings (SSSR count). The van der Waals surface area contributed by atoms with Crippen LogP contribution in [0.15, 0.2) is 47.4 Å². The van der Waals surface area contributed by atoms with Crippen molar-refractivity contribution in [3.8, 4) is 11.5 Å². The van der Waals surface area contributed by atoms with Crippen molar-refractivity contribution in [1.82, 2.24) is 39.9 Å². The lowest BCUT2D eigenvalue weighted by molar-refractivity contribution is -0.138. The van der Waals surface area contributed by atoms with Crippen LogP contribution in [0.2, 0.25) is 5.02 Å². The van der Waals surface area contributed by atoms with E-state index in [2.05, 4.69) is 40.5 Å². The van der Waals surface area contributed by atoms with Crippen LogP contribution in [0.1, 0.15) is 84.9 Å². The van der Waals surface area contributed by atoms with Crippen LogP contribution >= 0.6 is 11.6 Å². The number of nitrogens with one attached hydrogen (secondary N) is 3. The summed E-state index contributed by atoms with van der Waals surface area (Å²) in [7, 11) is 1.50. The average molecular weight is 1020 g/mol. The van der Waals surface area contributed by atoms with Crippen LogP contribution in [0.4, 0.5) is 23.1 Å². The van der Waals surface area contributed by atoms with Gasteiger partial charge in [0.1, 0.15) is 23.4 Å². The largest absolute Gasteiger partial charge is 0.489 e. The van der Waals surface area contributed by atoms with Crippen molar-refractivity contribution in [1.29, 1.82) is 0 Å². The van der Waals surface area contributed by atoms with Gasteiger partial charge in [-0.1, -0.05) is 11.6 Å². The zero-order valence-electron chi connectivity index (χ0n) is 41.0. The number of likely N-dealkylation sites (tertiary alicyclic amines) is 2. The van der Waals surface area contributed by atoms with Crippen LogP contribution in [0.25, 0.3) is 10.9 Å². The van der Waals surface area contributed by atoms with E-state index >= 15 is 0 Å². The number of hydrogen-bond acceptors (Lipinski definition) is 15. The fourth-order valence-corrected chi connectivity index (χ4v) is 12.2. The van der Waals surface area contributed by atoms with Crippen molar-refractivity contribution in [2.75, 3.05) is 94.3 Å². The summed E-state index contributed by atoms with van der Waals surface area (Å²) in [6.45, 7) is 8.14. The highest BCUT2D eigenvalue weighted by atomic mass is 35.5. The van der Waals surface area contributed by atoms with Crippen LogP contribution in [-0.2, 0) is 25.7 Å². The first-order valence-corrected chi connectivity index (χ1v) is 26.1. The van der Waals surface area contributed by atoms with Crippen molar-refractivity contribution < 1.29 is 38.2 Å². The third-order valence-electron chi connectivity index (χ3n) is 16.4. The van der Waals surface area contributed by atoms with E-state index in [1.807, 2.05) is 12.1 Å². The molecule has 7 aliphatic rings. The fourth-order valence-electron chi connectivity index (χ4n) is 12.1. The van der Waals surface area contributed by atoms with Crippen LogP contribution < -0.4 is 40.8 Å². The Bertz CT molecular complexity index is 2950. The summed E-state index contributed by atoms with van der Waals surface area (Å²) < 4.78 is 13.2. The molecule has 1 atom stereocenters. The molecular formula is C52H60ClN11O9. The number of likely N-dealkylation sites (N-methyl/N-ethyl adjacent to an activating group) is 1. The molecule has 384 valence electrons. The van der Waals surface area contributed by atoms with Gasteiger partial charge in [0.15, 0.2) is 18.2 Å². The third-order valence-corrected chi connectivity index (χ3v) is 16.7. The van der Waals surface area contributed by atoms with Gasteiger partial charge >= 0.3 is 0 Å². The van der Waals surface area contributed by atoms with Crippen molar-refractivity contribution in [3.63, 3.8) is 0 Å². The molecule has 3 N–H and O–H groups in total. The Morgan fingerprint density at radius 2 is 1.59 bits per heavy atom. The molecule has 1 spiro atoms. The van der Waals surface area contributed by atoms with E-state index in [4.69, 9.17) is 26.1 Å². The number of anilines is 4. The zero-order valence-corrected chi connectivity index (χ0v) is 41.7. The molecule has 2 aromatic carbocycles. The Balaban J connectivity index is 0.626. The van der Waals surface area contributed by atoms with E-state index in [1.54, 1.807) is 35.0 Å². The zero-order chi connectivity index (χ0) is 50.5. The van der Waals surface area contributed by atoms with Crippen molar-refractivity contribution >= 4 is 81.1 Å².